The predicted octanol–water partition coefficient (Wildman–Crippen LogP) is 3.24. The number of halogens is 1. The molecule has 1 saturated heterocycles. The molecule has 0 spiro atoms. The number of aliphatic imine (C=N–C) groups is 1. The van der Waals surface area contributed by atoms with E-state index in [4.69, 9.17) is 4.74 Å². The lowest BCUT2D eigenvalue weighted by Gasteiger charge is -2.34. The van der Waals surface area contributed by atoms with Crippen LogP contribution in [-0.4, -0.2) is 56.8 Å². The first kappa shape index (κ1) is 20.9. The van der Waals surface area contributed by atoms with Crippen molar-refractivity contribution in [3.63, 3.8) is 0 Å². The zero-order valence-corrected chi connectivity index (χ0v) is 18.2. The van der Waals surface area contributed by atoms with Crippen LogP contribution in [0.1, 0.15) is 43.0 Å². The van der Waals surface area contributed by atoms with Gasteiger partial charge in [-0.25, -0.2) is 0 Å². The SMILES string of the molecule is CN=C(NCC(c1cccs1)N1CCOCC1)NC1CCCCC1.I. The second-order valence-corrected chi connectivity index (χ2v) is 7.59. The fraction of sp³-hybridized carbons (Fsp3) is 0.722. The molecule has 1 unspecified atom stereocenters. The summed E-state index contributed by atoms with van der Waals surface area (Å²) in [6.45, 7) is 4.54. The van der Waals surface area contributed by atoms with E-state index in [1.54, 1.807) is 0 Å². The highest BCUT2D eigenvalue weighted by Gasteiger charge is 2.24. The van der Waals surface area contributed by atoms with Crippen LogP contribution in [0.5, 0.6) is 0 Å². The molecule has 0 amide bonds. The molecule has 1 aromatic heterocycles. The first-order chi connectivity index (χ1) is 11.9. The lowest BCUT2D eigenvalue weighted by molar-refractivity contribution is 0.0177. The van der Waals surface area contributed by atoms with Crippen LogP contribution in [0.25, 0.3) is 0 Å². The quantitative estimate of drug-likeness (QED) is 0.388. The molecule has 2 fully saturated rings. The van der Waals surface area contributed by atoms with Crippen LogP contribution in [0.3, 0.4) is 0 Å². The van der Waals surface area contributed by atoms with Crippen molar-refractivity contribution in [1.29, 1.82) is 0 Å². The van der Waals surface area contributed by atoms with E-state index in [0.29, 0.717) is 12.1 Å². The molecule has 1 aliphatic carbocycles. The molecule has 5 nitrogen and oxygen atoms in total. The Balaban J connectivity index is 0.00000225. The van der Waals surface area contributed by atoms with Gasteiger partial charge in [0.05, 0.1) is 19.3 Å². The summed E-state index contributed by atoms with van der Waals surface area (Å²) in [6.07, 6.45) is 6.57. The number of guanidine groups is 1. The van der Waals surface area contributed by atoms with Crippen molar-refractivity contribution in [2.75, 3.05) is 39.9 Å². The second kappa shape index (κ2) is 11.4. The Hall–Kier alpha value is -0.380. The van der Waals surface area contributed by atoms with Crippen LogP contribution in [0.15, 0.2) is 22.5 Å². The summed E-state index contributed by atoms with van der Waals surface area (Å²) in [5.41, 5.74) is 0. The minimum Gasteiger partial charge on any atom is -0.379 e. The van der Waals surface area contributed by atoms with Gasteiger partial charge in [-0.1, -0.05) is 25.3 Å². The first-order valence-corrected chi connectivity index (χ1v) is 10.1. The van der Waals surface area contributed by atoms with Gasteiger partial charge in [0.2, 0.25) is 0 Å². The summed E-state index contributed by atoms with van der Waals surface area (Å²) in [4.78, 5) is 8.37. The van der Waals surface area contributed by atoms with E-state index in [2.05, 4.69) is 38.0 Å². The molecular weight excluding hydrogens is 447 g/mol. The number of morpholine rings is 1. The van der Waals surface area contributed by atoms with Crippen molar-refractivity contribution in [2.24, 2.45) is 4.99 Å². The van der Waals surface area contributed by atoms with Crippen LogP contribution >= 0.6 is 35.3 Å². The molecule has 1 aromatic rings. The van der Waals surface area contributed by atoms with E-state index < -0.39 is 0 Å². The monoisotopic (exact) mass is 478 g/mol. The van der Waals surface area contributed by atoms with Gasteiger partial charge in [0.25, 0.3) is 0 Å². The van der Waals surface area contributed by atoms with Gasteiger partial charge in [0.15, 0.2) is 5.96 Å². The van der Waals surface area contributed by atoms with Gasteiger partial charge in [-0.3, -0.25) is 9.89 Å². The minimum atomic E-state index is 0. The average Bonchev–Trinajstić information content (AvgIpc) is 3.17. The molecular formula is C18H31IN4OS. The normalized spacial score (nSPS) is 21.4. The Bertz CT molecular complexity index is 499. The molecule has 2 N–H and O–H groups in total. The number of ether oxygens (including phenoxy) is 1. The number of hydrogen-bond acceptors (Lipinski definition) is 4. The van der Waals surface area contributed by atoms with Crippen LogP contribution in [0.2, 0.25) is 0 Å². The minimum absolute atomic E-state index is 0. The predicted molar refractivity (Wildman–Crippen MR) is 116 cm³/mol. The third-order valence-electron chi connectivity index (χ3n) is 4.99. The molecule has 0 radical (unpaired) electrons. The van der Waals surface area contributed by atoms with Crippen molar-refractivity contribution >= 4 is 41.3 Å². The zero-order valence-electron chi connectivity index (χ0n) is 15.1. The summed E-state index contributed by atoms with van der Waals surface area (Å²) in [7, 11) is 1.87. The fourth-order valence-corrected chi connectivity index (χ4v) is 4.47. The van der Waals surface area contributed by atoms with Crippen LogP contribution in [0.4, 0.5) is 0 Å². The van der Waals surface area contributed by atoms with E-state index in [0.717, 1.165) is 38.8 Å². The maximum Gasteiger partial charge on any atom is 0.191 e. The molecule has 7 heteroatoms. The standard InChI is InChI=1S/C18H30N4OS.HI/c1-19-18(21-15-6-3-2-4-7-15)20-14-16(17-8-5-13-24-17)22-9-11-23-12-10-22;/h5,8,13,15-16H,2-4,6-7,9-12,14H2,1H3,(H2,19,20,21);1H. The zero-order chi connectivity index (χ0) is 16.6. The van der Waals surface area contributed by atoms with E-state index in [1.165, 1.54) is 37.0 Å². The first-order valence-electron chi connectivity index (χ1n) is 9.19. The molecule has 142 valence electrons. The molecule has 2 aliphatic rings. The molecule has 1 aliphatic heterocycles. The number of thiophene rings is 1. The summed E-state index contributed by atoms with van der Waals surface area (Å²) in [5.74, 6) is 0.941. The fourth-order valence-electron chi connectivity index (χ4n) is 3.61. The number of rotatable bonds is 5. The lowest BCUT2D eigenvalue weighted by Crippen LogP contribution is -2.48. The smallest absolute Gasteiger partial charge is 0.191 e. The molecule has 3 rings (SSSR count). The average molecular weight is 478 g/mol. The Morgan fingerprint density at radius 1 is 1.32 bits per heavy atom. The van der Waals surface area contributed by atoms with Gasteiger partial charge in [0, 0.05) is 37.6 Å². The number of hydrogen-bond donors (Lipinski definition) is 2. The van der Waals surface area contributed by atoms with Gasteiger partial charge in [0.1, 0.15) is 0 Å². The highest BCUT2D eigenvalue weighted by Crippen LogP contribution is 2.25. The number of nitrogens with zero attached hydrogens (tertiary/aromatic N) is 2. The third-order valence-corrected chi connectivity index (χ3v) is 5.96. The van der Waals surface area contributed by atoms with Gasteiger partial charge >= 0.3 is 0 Å². The Kier molecular flexibility index (Phi) is 9.51. The van der Waals surface area contributed by atoms with Crippen LogP contribution in [0, 0.1) is 0 Å². The van der Waals surface area contributed by atoms with Crippen molar-refractivity contribution in [3.8, 4) is 0 Å². The largest absolute Gasteiger partial charge is 0.379 e. The Morgan fingerprint density at radius 2 is 2.08 bits per heavy atom. The molecule has 1 saturated carbocycles. The molecule has 0 bridgehead atoms. The van der Waals surface area contributed by atoms with E-state index in [1.807, 2.05) is 18.4 Å². The molecule has 1 atom stereocenters. The van der Waals surface area contributed by atoms with Gasteiger partial charge < -0.3 is 15.4 Å². The summed E-state index contributed by atoms with van der Waals surface area (Å²) < 4.78 is 5.52. The van der Waals surface area contributed by atoms with E-state index >= 15 is 0 Å². The van der Waals surface area contributed by atoms with Crippen LogP contribution in [-0.2, 0) is 4.74 Å². The van der Waals surface area contributed by atoms with Crippen molar-refractivity contribution in [1.82, 2.24) is 15.5 Å². The van der Waals surface area contributed by atoms with Crippen molar-refractivity contribution < 1.29 is 4.74 Å². The summed E-state index contributed by atoms with van der Waals surface area (Å²) in [5, 5.41) is 9.34. The molecule has 2 heterocycles. The lowest BCUT2D eigenvalue weighted by atomic mass is 9.96. The Morgan fingerprint density at radius 3 is 2.72 bits per heavy atom. The maximum atomic E-state index is 5.52. The van der Waals surface area contributed by atoms with Gasteiger partial charge in [-0.05, 0) is 24.3 Å². The summed E-state index contributed by atoms with van der Waals surface area (Å²) in [6, 6.07) is 5.35. The summed E-state index contributed by atoms with van der Waals surface area (Å²) >= 11 is 1.84. The van der Waals surface area contributed by atoms with Crippen molar-refractivity contribution in [3.05, 3.63) is 22.4 Å². The highest BCUT2D eigenvalue weighted by atomic mass is 127. The highest BCUT2D eigenvalue weighted by molar-refractivity contribution is 14.0. The van der Waals surface area contributed by atoms with Gasteiger partial charge in [-0.2, -0.15) is 0 Å². The van der Waals surface area contributed by atoms with Crippen molar-refractivity contribution in [2.45, 2.75) is 44.2 Å². The maximum absolute atomic E-state index is 5.52. The van der Waals surface area contributed by atoms with E-state index in [-0.39, 0.29) is 24.0 Å². The Labute approximate surface area is 172 Å². The van der Waals surface area contributed by atoms with Gasteiger partial charge in [-0.15, -0.1) is 35.3 Å². The molecule has 25 heavy (non-hydrogen) atoms. The van der Waals surface area contributed by atoms with Crippen LogP contribution < -0.4 is 10.6 Å². The molecule has 0 aromatic carbocycles. The topological polar surface area (TPSA) is 48.9 Å². The second-order valence-electron chi connectivity index (χ2n) is 6.61. The number of nitrogens with one attached hydrogen (secondary N) is 2. The van der Waals surface area contributed by atoms with E-state index in [9.17, 15) is 0 Å². The third kappa shape index (κ3) is 6.37.